The van der Waals surface area contributed by atoms with Gasteiger partial charge in [-0.1, -0.05) is 6.42 Å². The fourth-order valence-electron chi connectivity index (χ4n) is 3.50. The number of rotatable bonds is 4. The molecule has 0 amide bonds. The van der Waals surface area contributed by atoms with Crippen molar-refractivity contribution in [3.8, 4) is 0 Å². The molecule has 0 radical (unpaired) electrons. The fourth-order valence-corrected chi connectivity index (χ4v) is 4.24. The van der Waals surface area contributed by atoms with Crippen molar-refractivity contribution in [2.45, 2.75) is 44.7 Å². The first-order chi connectivity index (χ1) is 8.67. The van der Waals surface area contributed by atoms with Crippen molar-refractivity contribution in [1.82, 2.24) is 15.6 Å². The van der Waals surface area contributed by atoms with Crippen molar-refractivity contribution in [3.05, 3.63) is 16.6 Å². The third-order valence-corrected chi connectivity index (χ3v) is 5.70. The smallest absolute Gasteiger partial charge is 0.112 e. The quantitative estimate of drug-likeness (QED) is 0.877. The number of nitrogens with one attached hydrogen (secondary N) is 2. The first-order valence-electron chi connectivity index (χ1n) is 7.05. The molecular weight excluding hydrogens is 242 g/mol. The molecule has 3 nitrogen and oxygen atoms in total. The molecule has 2 fully saturated rings. The minimum atomic E-state index is -0.00740. The average Bonchev–Trinajstić information content (AvgIpc) is 3.05. The van der Waals surface area contributed by atoms with Gasteiger partial charge in [0.15, 0.2) is 0 Å². The molecule has 3 rings (SSSR count). The first-order valence-corrected chi connectivity index (χ1v) is 7.93. The van der Waals surface area contributed by atoms with E-state index >= 15 is 0 Å². The van der Waals surface area contributed by atoms with Crippen LogP contribution < -0.4 is 10.6 Å². The van der Waals surface area contributed by atoms with Gasteiger partial charge in [-0.05, 0) is 45.1 Å². The Morgan fingerprint density at radius 3 is 3.17 bits per heavy atom. The number of thiazole rings is 1. The fraction of sp³-hybridized carbons (Fsp3) is 0.786. The maximum Gasteiger partial charge on any atom is 0.112 e. The summed E-state index contributed by atoms with van der Waals surface area (Å²) < 4.78 is 0. The summed E-state index contributed by atoms with van der Waals surface area (Å²) >= 11 is 1.74. The van der Waals surface area contributed by atoms with Gasteiger partial charge in [-0.2, -0.15) is 0 Å². The second-order valence-electron chi connectivity index (χ2n) is 6.21. The summed E-state index contributed by atoms with van der Waals surface area (Å²) in [6.07, 6.45) is 6.18. The summed E-state index contributed by atoms with van der Waals surface area (Å²) in [6.45, 7) is 6.75. The molecule has 1 aromatic heterocycles. The van der Waals surface area contributed by atoms with E-state index in [2.05, 4.69) is 34.8 Å². The molecular formula is C14H23N3S. The lowest BCUT2D eigenvalue weighted by Gasteiger charge is -2.28. The molecule has 2 aliphatic rings. The summed E-state index contributed by atoms with van der Waals surface area (Å²) in [4.78, 5) is 4.44. The van der Waals surface area contributed by atoms with Crippen LogP contribution in [0.2, 0.25) is 0 Å². The highest BCUT2D eigenvalue weighted by atomic mass is 32.1. The Hall–Kier alpha value is -0.450. The third kappa shape index (κ3) is 2.33. The Morgan fingerprint density at radius 1 is 1.50 bits per heavy atom. The molecule has 1 aliphatic heterocycles. The number of hydrogen-bond donors (Lipinski definition) is 2. The van der Waals surface area contributed by atoms with Gasteiger partial charge in [-0.15, -0.1) is 11.3 Å². The Morgan fingerprint density at radius 2 is 2.39 bits per heavy atom. The van der Waals surface area contributed by atoms with Gasteiger partial charge >= 0.3 is 0 Å². The van der Waals surface area contributed by atoms with Crippen molar-refractivity contribution < 1.29 is 0 Å². The molecule has 0 spiro atoms. The van der Waals surface area contributed by atoms with Crippen molar-refractivity contribution in [3.63, 3.8) is 0 Å². The molecule has 0 bridgehead atoms. The summed E-state index contributed by atoms with van der Waals surface area (Å²) in [5, 5.41) is 10.6. The molecule has 2 heterocycles. The van der Waals surface area contributed by atoms with Crippen LogP contribution in [0.25, 0.3) is 0 Å². The zero-order valence-electron chi connectivity index (χ0n) is 11.3. The van der Waals surface area contributed by atoms with E-state index in [4.69, 9.17) is 0 Å². The molecule has 1 aromatic rings. The lowest BCUT2D eigenvalue weighted by Crippen LogP contribution is -2.45. The van der Waals surface area contributed by atoms with Crippen molar-refractivity contribution in [2.75, 3.05) is 13.1 Å². The zero-order chi connectivity index (χ0) is 12.6. The second-order valence-corrected chi connectivity index (χ2v) is 7.11. The first kappa shape index (κ1) is 12.6. The number of aromatic nitrogens is 1. The van der Waals surface area contributed by atoms with E-state index < -0.39 is 0 Å². The van der Waals surface area contributed by atoms with E-state index in [1.165, 1.54) is 30.8 Å². The summed E-state index contributed by atoms with van der Waals surface area (Å²) in [5.74, 6) is 1.85. The highest BCUT2D eigenvalue weighted by Crippen LogP contribution is 2.37. The monoisotopic (exact) mass is 265 g/mol. The molecule has 100 valence electrons. The van der Waals surface area contributed by atoms with Crippen LogP contribution in [0.1, 0.15) is 38.1 Å². The zero-order valence-corrected chi connectivity index (χ0v) is 12.1. The summed E-state index contributed by atoms with van der Waals surface area (Å²) in [7, 11) is 0. The van der Waals surface area contributed by atoms with Crippen LogP contribution in [-0.2, 0) is 5.54 Å². The Labute approximate surface area is 113 Å². The second kappa shape index (κ2) is 4.91. The number of nitrogens with zero attached hydrogens (tertiary/aromatic N) is 1. The highest BCUT2D eigenvalue weighted by molar-refractivity contribution is 7.09. The Balaban J connectivity index is 1.58. The van der Waals surface area contributed by atoms with Crippen LogP contribution in [0.4, 0.5) is 0 Å². The van der Waals surface area contributed by atoms with Gasteiger partial charge in [-0.3, -0.25) is 0 Å². The van der Waals surface area contributed by atoms with Gasteiger partial charge in [-0.25, -0.2) is 4.98 Å². The van der Waals surface area contributed by atoms with E-state index in [-0.39, 0.29) is 5.54 Å². The predicted octanol–water partition coefficient (Wildman–Crippen LogP) is 2.36. The molecule has 1 saturated heterocycles. The standard InChI is InChI=1S/C14H23N3S/c1-14(2,13-15-6-7-18-13)17-9-12-11-5-3-4-10(11)8-16-12/h6-7,10-12,16-17H,3-5,8-9H2,1-2H3. The van der Waals surface area contributed by atoms with Gasteiger partial charge < -0.3 is 10.6 Å². The largest absolute Gasteiger partial charge is 0.312 e. The molecule has 1 aliphatic carbocycles. The lowest BCUT2D eigenvalue weighted by molar-refractivity contribution is 0.331. The maximum absolute atomic E-state index is 4.44. The molecule has 3 atom stereocenters. The van der Waals surface area contributed by atoms with Crippen molar-refractivity contribution in [2.24, 2.45) is 11.8 Å². The lowest BCUT2D eigenvalue weighted by atomic mass is 9.93. The molecule has 3 unspecified atom stereocenters. The van der Waals surface area contributed by atoms with Gasteiger partial charge in [0.25, 0.3) is 0 Å². The van der Waals surface area contributed by atoms with E-state index in [1.54, 1.807) is 11.3 Å². The predicted molar refractivity (Wildman–Crippen MR) is 75.8 cm³/mol. The Kier molecular flexibility index (Phi) is 3.43. The molecule has 2 N–H and O–H groups in total. The van der Waals surface area contributed by atoms with Crippen LogP contribution in [0.3, 0.4) is 0 Å². The number of fused-ring (bicyclic) bond motifs is 1. The van der Waals surface area contributed by atoms with Crippen LogP contribution in [0.15, 0.2) is 11.6 Å². The van der Waals surface area contributed by atoms with Gasteiger partial charge in [0.2, 0.25) is 0 Å². The van der Waals surface area contributed by atoms with Crippen LogP contribution >= 0.6 is 11.3 Å². The van der Waals surface area contributed by atoms with Crippen LogP contribution in [0.5, 0.6) is 0 Å². The van der Waals surface area contributed by atoms with Gasteiger partial charge in [0, 0.05) is 24.2 Å². The van der Waals surface area contributed by atoms with Gasteiger partial charge in [0.1, 0.15) is 5.01 Å². The maximum atomic E-state index is 4.44. The van der Waals surface area contributed by atoms with E-state index in [1.807, 2.05) is 6.20 Å². The SMILES string of the molecule is CC(C)(NCC1NCC2CCCC21)c1nccs1. The highest BCUT2D eigenvalue weighted by Gasteiger charge is 2.39. The minimum absolute atomic E-state index is 0.00740. The third-order valence-electron chi connectivity index (χ3n) is 4.61. The average molecular weight is 265 g/mol. The van der Waals surface area contributed by atoms with Gasteiger partial charge in [0.05, 0.1) is 5.54 Å². The molecule has 0 aromatic carbocycles. The van der Waals surface area contributed by atoms with E-state index in [9.17, 15) is 0 Å². The molecule has 4 heteroatoms. The topological polar surface area (TPSA) is 37.0 Å². The van der Waals surface area contributed by atoms with Crippen LogP contribution in [0, 0.1) is 11.8 Å². The molecule has 18 heavy (non-hydrogen) atoms. The van der Waals surface area contributed by atoms with Crippen molar-refractivity contribution in [1.29, 1.82) is 0 Å². The normalized spacial score (nSPS) is 31.8. The van der Waals surface area contributed by atoms with Crippen molar-refractivity contribution >= 4 is 11.3 Å². The number of hydrogen-bond acceptors (Lipinski definition) is 4. The summed E-state index contributed by atoms with van der Waals surface area (Å²) in [6, 6.07) is 0.664. The van der Waals surface area contributed by atoms with E-state index in [0.717, 1.165) is 18.4 Å². The molecule has 1 saturated carbocycles. The minimum Gasteiger partial charge on any atom is -0.312 e. The Bertz CT molecular complexity index is 388. The summed E-state index contributed by atoms with van der Waals surface area (Å²) in [5.41, 5.74) is -0.00740. The van der Waals surface area contributed by atoms with E-state index in [0.29, 0.717) is 6.04 Å². The van der Waals surface area contributed by atoms with Crippen LogP contribution in [-0.4, -0.2) is 24.1 Å².